The molecule has 0 rings (SSSR count). The van der Waals surface area contributed by atoms with Gasteiger partial charge in [-0.3, -0.25) is 0 Å². The van der Waals surface area contributed by atoms with E-state index in [1.165, 1.54) is 0 Å². The van der Waals surface area contributed by atoms with Crippen molar-refractivity contribution in [3.05, 3.63) is 0 Å². The van der Waals surface area contributed by atoms with Gasteiger partial charge in [0.25, 0.3) is 0 Å². The fraction of sp³-hybridized carbons (Fsp3) is 0.615. The number of hydrogen-bond acceptors (Lipinski definition) is 2. The second-order valence-electron chi connectivity index (χ2n) is 11.5. The van der Waals surface area contributed by atoms with Crippen LogP contribution in [-0.4, -0.2) is 32.3 Å². The first kappa shape index (κ1) is 43.4. The second kappa shape index (κ2) is 21.2. The molecule has 0 saturated heterocycles. The van der Waals surface area contributed by atoms with E-state index >= 15 is 0 Å². The molecule has 0 aromatic carbocycles. The maximum Gasteiger partial charge on any atom is 1.00 e. The van der Waals surface area contributed by atoms with Gasteiger partial charge in [-0.15, -0.1) is 0 Å². The Bertz CT molecular complexity index is 828. The minimum Gasteiger partial charge on any atom is 1.00 e. The summed E-state index contributed by atoms with van der Waals surface area (Å²) >= 11 is -0.460. The molecule has 0 aromatic rings. The molecular formula is C26H44Cu2Li2N2Si4. The Kier molecular flexibility index (Phi) is 25.5. The van der Waals surface area contributed by atoms with Crippen LogP contribution in [0.4, 0.5) is 0 Å². The number of nitriles is 2. The Balaban J connectivity index is -0.000000269. The van der Waals surface area contributed by atoms with Crippen molar-refractivity contribution in [1.29, 1.82) is 10.5 Å². The third-order valence-corrected chi connectivity index (χ3v) is 9.35. The van der Waals surface area contributed by atoms with Crippen molar-refractivity contribution < 1.29 is 65.5 Å². The van der Waals surface area contributed by atoms with E-state index in [1.54, 1.807) is 0 Å². The minimum absolute atomic E-state index is 0. The summed E-state index contributed by atoms with van der Waals surface area (Å²) in [6.45, 7) is 26.6. The van der Waals surface area contributed by atoms with Crippen LogP contribution in [0.3, 0.4) is 0 Å². The predicted molar refractivity (Wildman–Crippen MR) is 155 cm³/mol. The van der Waals surface area contributed by atoms with Crippen LogP contribution in [0.5, 0.6) is 0 Å². The summed E-state index contributed by atoms with van der Waals surface area (Å²) in [6, 6.07) is 0. The molecular weight excluding hydrogens is 594 g/mol. The van der Waals surface area contributed by atoms with E-state index in [0.717, 1.165) is 0 Å². The molecule has 2 nitrogen and oxygen atoms in total. The fourth-order valence-electron chi connectivity index (χ4n) is 1.60. The summed E-state index contributed by atoms with van der Waals surface area (Å²) < 4.78 is 0. The monoisotopic (exact) mass is 636 g/mol. The SMILES string of the molecule is C[Si](C)(C)C#C[CH2][Cu-]([C]#N)[CH2]C#C[Si](C)(C)C.C[Si](C)(C)C#C[CH2][Cu-]([C]#N)[CH2]C#C[Si](C)(C)C.[Li+].[Li+]. The number of hydrogen-bond donors (Lipinski definition) is 0. The Morgan fingerprint density at radius 1 is 0.417 bits per heavy atom. The van der Waals surface area contributed by atoms with Crippen molar-refractivity contribution >= 4 is 32.3 Å². The molecule has 0 spiro atoms. The Hall–Kier alpha value is 0.321. The predicted octanol–water partition coefficient (Wildman–Crippen LogP) is 1.38. The molecule has 0 bridgehead atoms. The Labute approximate surface area is 261 Å². The van der Waals surface area contributed by atoms with Crippen LogP contribution in [0.2, 0.25) is 99.8 Å². The van der Waals surface area contributed by atoms with E-state index < -0.39 is 32.3 Å². The molecule has 10 heteroatoms. The van der Waals surface area contributed by atoms with Crippen LogP contribution in [0.25, 0.3) is 0 Å². The first-order valence-corrected chi connectivity index (χ1v) is 28.6. The van der Waals surface area contributed by atoms with Crippen molar-refractivity contribution in [1.82, 2.24) is 0 Å². The van der Waals surface area contributed by atoms with Crippen molar-refractivity contribution in [2.45, 2.75) is 99.8 Å². The van der Waals surface area contributed by atoms with E-state index in [1.807, 2.05) is 0 Å². The maximum absolute atomic E-state index is 9.03. The summed E-state index contributed by atoms with van der Waals surface area (Å²) in [5.41, 5.74) is 13.2. The van der Waals surface area contributed by atoms with E-state index in [0.29, 0.717) is 21.3 Å². The quantitative estimate of drug-likeness (QED) is 0.346. The van der Waals surface area contributed by atoms with E-state index in [4.69, 9.17) is 10.5 Å². The topological polar surface area (TPSA) is 47.6 Å². The van der Waals surface area contributed by atoms with Crippen molar-refractivity contribution in [2.24, 2.45) is 0 Å². The van der Waals surface area contributed by atoms with Gasteiger partial charge in [-0.1, -0.05) is 0 Å². The van der Waals surface area contributed by atoms with Gasteiger partial charge in [0.1, 0.15) is 0 Å². The molecule has 0 aromatic heterocycles. The molecule has 0 aliphatic carbocycles. The van der Waals surface area contributed by atoms with Crippen LogP contribution in [0.1, 0.15) is 0 Å². The van der Waals surface area contributed by atoms with Gasteiger partial charge in [0.05, 0.1) is 0 Å². The zero-order valence-electron chi connectivity index (χ0n) is 25.3. The summed E-state index contributed by atoms with van der Waals surface area (Å²) in [7, 11) is -5.18. The molecule has 0 aliphatic rings. The van der Waals surface area contributed by atoms with Gasteiger partial charge in [-0.05, 0) is 0 Å². The first-order valence-electron chi connectivity index (χ1n) is 11.0. The van der Waals surface area contributed by atoms with Gasteiger partial charge in [-0.25, -0.2) is 0 Å². The van der Waals surface area contributed by atoms with Gasteiger partial charge in [0, 0.05) is 0 Å². The fourth-order valence-corrected chi connectivity index (χ4v) is 6.27. The molecule has 198 valence electrons. The molecule has 0 amide bonds. The molecule has 36 heavy (non-hydrogen) atoms. The van der Waals surface area contributed by atoms with Crippen LogP contribution in [0, 0.1) is 66.3 Å². The molecule has 0 saturated carbocycles. The van der Waals surface area contributed by atoms with Crippen molar-refractivity contribution in [2.75, 3.05) is 0 Å². The maximum atomic E-state index is 9.03. The van der Waals surface area contributed by atoms with Crippen LogP contribution in [-0.2, 0) is 27.8 Å². The van der Waals surface area contributed by atoms with Crippen LogP contribution >= 0.6 is 0 Å². The standard InChI is InChI=1S/4C6H11Si.2CN.2Cu.2Li/c4*1-5-6-7(2,3)4;2*1-2;;;;/h4*1H2,2-4H3;;;;;;/q;;;;;;2*-1;2*+1. The van der Waals surface area contributed by atoms with Gasteiger partial charge in [-0.2, -0.15) is 0 Å². The summed E-state index contributed by atoms with van der Waals surface area (Å²) in [5.74, 6) is 12.7. The molecule has 0 atom stereocenters. The third kappa shape index (κ3) is 36.5. The first-order chi connectivity index (χ1) is 15.3. The van der Waals surface area contributed by atoms with Gasteiger partial charge in [0.15, 0.2) is 0 Å². The zero-order chi connectivity index (χ0) is 27.1. The Morgan fingerprint density at radius 2 is 0.583 bits per heavy atom. The van der Waals surface area contributed by atoms with Crippen LogP contribution < -0.4 is 37.7 Å². The largest absolute Gasteiger partial charge is 1.00 e. The van der Waals surface area contributed by atoms with E-state index in [9.17, 15) is 0 Å². The Morgan fingerprint density at radius 3 is 0.694 bits per heavy atom. The molecule has 0 aliphatic heterocycles. The normalized spacial score (nSPS) is 10.8. The summed E-state index contributed by atoms with van der Waals surface area (Å²) in [6.07, 6.45) is 0. The third-order valence-electron chi connectivity index (χ3n) is 2.77. The summed E-state index contributed by atoms with van der Waals surface area (Å²) in [4.78, 5) is 4.64. The molecule has 0 heterocycles. The zero-order valence-corrected chi connectivity index (χ0v) is 31.2. The minimum atomic E-state index is -1.29. The number of nitrogens with zero attached hydrogens (tertiary/aromatic N) is 2. The average molecular weight is 638 g/mol. The van der Waals surface area contributed by atoms with E-state index in [-0.39, 0.29) is 65.5 Å². The molecule has 0 unspecified atom stereocenters. The summed E-state index contributed by atoms with van der Waals surface area (Å²) in [5, 5.41) is 20.8. The molecule has 0 radical (unpaired) electrons. The number of rotatable bonds is 4. The van der Waals surface area contributed by atoms with Gasteiger partial charge in [0.2, 0.25) is 0 Å². The second-order valence-corrected chi connectivity index (χ2v) is 34.5. The molecule has 0 fully saturated rings. The smallest absolute Gasteiger partial charge is 1.00 e. The van der Waals surface area contributed by atoms with Crippen LogP contribution in [0.15, 0.2) is 0 Å². The van der Waals surface area contributed by atoms with Gasteiger partial charge < -0.3 is 0 Å². The van der Waals surface area contributed by atoms with E-state index in [2.05, 4.69) is 134 Å². The van der Waals surface area contributed by atoms with Crippen molar-refractivity contribution in [3.63, 3.8) is 0 Å². The van der Waals surface area contributed by atoms with Gasteiger partial charge >= 0.3 is 264 Å². The molecule has 0 N–H and O–H groups in total. The van der Waals surface area contributed by atoms with Crippen molar-refractivity contribution in [3.8, 4) is 55.8 Å². The average Bonchev–Trinajstić information content (AvgIpc) is 2.62.